The van der Waals surface area contributed by atoms with Crippen molar-refractivity contribution >= 4 is 17.6 Å². The molecule has 0 bridgehead atoms. The molecule has 0 saturated heterocycles. The molecule has 0 spiro atoms. The van der Waals surface area contributed by atoms with Crippen molar-refractivity contribution in [3.8, 4) is 5.75 Å². The highest BCUT2D eigenvalue weighted by molar-refractivity contribution is 5.77. The number of nitrogen functional groups attached to an aromatic ring is 1. The Bertz CT molecular complexity index is 369. The van der Waals surface area contributed by atoms with Gasteiger partial charge < -0.3 is 10.5 Å². The van der Waals surface area contributed by atoms with Crippen LogP contribution < -0.4 is 10.5 Å². The molecule has 0 aromatic heterocycles. The average molecular weight is 176 g/mol. The topological polar surface area (TPSA) is 47.6 Å². The molecule has 0 saturated carbocycles. The van der Waals surface area contributed by atoms with Crippen LogP contribution in [0.25, 0.3) is 0 Å². The Kier molecular flexibility index (Phi) is 1.55. The second-order valence-electron chi connectivity index (χ2n) is 3.69. The van der Waals surface area contributed by atoms with Gasteiger partial charge in [0.05, 0.1) is 0 Å². The molecule has 1 aliphatic rings. The van der Waals surface area contributed by atoms with Crippen LogP contribution in [0, 0.1) is 0 Å². The molecular formula is C10H12N2O. The van der Waals surface area contributed by atoms with Gasteiger partial charge in [-0.1, -0.05) is 0 Å². The van der Waals surface area contributed by atoms with Gasteiger partial charge in [0.25, 0.3) is 0 Å². The van der Waals surface area contributed by atoms with Gasteiger partial charge in [-0.3, -0.25) is 4.99 Å². The van der Waals surface area contributed by atoms with Crippen molar-refractivity contribution in [2.24, 2.45) is 4.99 Å². The Morgan fingerprint density at radius 3 is 2.92 bits per heavy atom. The average Bonchev–Trinajstić information content (AvgIpc) is 2.01. The molecule has 13 heavy (non-hydrogen) atoms. The van der Waals surface area contributed by atoms with E-state index < -0.39 is 0 Å². The number of hydrogen-bond acceptors (Lipinski definition) is 3. The van der Waals surface area contributed by atoms with Crippen molar-refractivity contribution in [2.75, 3.05) is 5.73 Å². The molecule has 3 nitrogen and oxygen atoms in total. The number of benzene rings is 1. The Morgan fingerprint density at radius 2 is 2.15 bits per heavy atom. The zero-order valence-electron chi connectivity index (χ0n) is 7.74. The van der Waals surface area contributed by atoms with Crippen LogP contribution in [0.5, 0.6) is 5.75 Å². The minimum Gasteiger partial charge on any atom is -0.480 e. The summed E-state index contributed by atoms with van der Waals surface area (Å²) in [7, 11) is 0. The summed E-state index contributed by atoms with van der Waals surface area (Å²) in [4.78, 5) is 4.28. The Labute approximate surface area is 77.2 Å². The lowest BCUT2D eigenvalue weighted by Crippen LogP contribution is -2.31. The summed E-state index contributed by atoms with van der Waals surface area (Å²) < 4.78 is 5.67. The fourth-order valence-electron chi connectivity index (χ4n) is 1.25. The molecule has 1 aromatic carbocycles. The summed E-state index contributed by atoms with van der Waals surface area (Å²) >= 11 is 0. The molecule has 3 heteroatoms. The van der Waals surface area contributed by atoms with E-state index in [0.29, 0.717) is 5.69 Å². The molecule has 0 aliphatic carbocycles. The molecule has 0 radical (unpaired) electrons. The van der Waals surface area contributed by atoms with Crippen LogP contribution in [-0.2, 0) is 0 Å². The molecule has 0 unspecified atom stereocenters. The monoisotopic (exact) mass is 176 g/mol. The number of fused-ring (bicyclic) bond motifs is 1. The number of hydrogen-bond donors (Lipinski definition) is 1. The van der Waals surface area contributed by atoms with Crippen LogP contribution in [0.15, 0.2) is 23.2 Å². The highest BCUT2D eigenvalue weighted by Crippen LogP contribution is 2.35. The summed E-state index contributed by atoms with van der Waals surface area (Å²) in [6.45, 7) is 3.92. The minimum atomic E-state index is -0.333. The third-order valence-corrected chi connectivity index (χ3v) is 1.87. The van der Waals surface area contributed by atoms with Crippen LogP contribution in [-0.4, -0.2) is 11.8 Å². The maximum Gasteiger partial charge on any atom is 0.148 e. The van der Waals surface area contributed by atoms with Gasteiger partial charge in [-0.25, -0.2) is 0 Å². The number of anilines is 1. The zero-order valence-corrected chi connectivity index (χ0v) is 7.74. The fourth-order valence-corrected chi connectivity index (χ4v) is 1.25. The lowest BCUT2D eigenvalue weighted by Gasteiger charge is -2.26. The van der Waals surface area contributed by atoms with Crippen LogP contribution in [0.4, 0.5) is 11.4 Å². The van der Waals surface area contributed by atoms with E-state index in [9.17, 15) is 0 Å². The molecule has 2 N–H and O–H groups in total. The maximum atomic E-state index is 5.67. The third-order valence-electron chi connectivity index (χ3n) is 1.87. The molecular weight excluding hydrogens is 164 g/mol. The Balaban J connectivity index is 2.48. The quantitative estimate of drug-likeness (QED) is 0.615. The van der Waals surface area contributed by atoms with Gasteiger partial charge in [-0.15, -0.1) is 0 Å². The Morgan fingerprint density at radius 1 is 1.38 bits per heavy atom. The van der Waals surface area contributed by atoms with E-state index >= 15 is 0 Å². The molecule has 1 aliphatic heterocycles. The highest BCUT2D eigenvalue weighted by atomic mass is 16.5. The molecule has 0 amide bonds. The third kappa shape index (κ3) is 1.49. The summed E-state index contributed by atoms with van der Waals surface area (Å²) in [5.41, 5.74) is 6.85. The highest BCUT2D eigenvalue weighted by Gasteiger charge is 2.22. The van der Waals surface area contributed by atoms with Crippen molar-refractivity contribution in [3.63, 3.8) is 0 Å². The first-order valence-electron chi connectivity index (χ1n) is 4.21. The Hall–Kier alpha value is -1.51. The number of rotatable bonds is 0. The van der Waals surface area contributed by atoms with Crippen LogP contribution in [0.1, 0.15) is 13.8 Å². The summed E-state index contributed by atoms with van der Waals surface area (Å²) in [5, 5.41) is 0. The van der Waals surface area contributed by atoms with Crippen LogP contribution in [0.3, 0.4) is 0 Å². The lowest BCUT2D eigenvalue weighted by atomic mass is 10.1. The molecule has 1 aromatic rings. The number of nitrogens with two attached hydrogens (primary N) is 1. The number of nitrogens with zero attached hydrogens (tertiary/aromatic N) is 1. The number of aliphatic imine (C=N–C) groups is 1. The first kappa shape index (κ1) is 8.10. The lowest BCUT2D eigenvalue weighted by molar-refractivity contribution is 0.185. The van der Waals surface area contributed by atoms with Crippen molar-refractivity contribution in [1.82, 2.24) is 0 Å². The van der Waals surface area contributed by atoms with Gasteiger partial charge >= 0.3 is 0 Å². The van der Waals surface area contributed by atoms with E-state index in [1.807, 2.05) is 26.0 Å². The van der Waals surface area contributed by atoms with Gasteiger partial charge in [-0.05, 0) is 26.0 Å². The van der Waals surface area contributed by atoms with Crippen LogP contribution >= 0.6 is 0 Å². The van der Waals surface area contributed by atoms with Gasteiger partial charge in [0, 0.05) is 18.0 Å². The summed E-state index contributed by atoms with van der Waals surface area (Å²) in [6.07, 6.45) is 1.80. The molecule has 0 fully saturated rings. The first-order valence-corrected chi connectivity index (χ1v) is 4.21. The van der Waals surface area contributed by atoms with E-state index in [1.54, 1.807) is 12.3 Å². The van der Waals surface area contributed by atoms with E-state index in [-0.39, 0.29) is 5.60 Å². The van der Waals surface area contributed by atoms with Crippen molar-refractivity contribution in [1.29, 1.82) is 0 Å². The van der Waals surface area contributed by atoms with Crippen molar-refractivity contribution in [3.05, 3.63) is 18.2 Å². The van der Waals surface area contributed by atoms with Crippen molar-refractivity contribution in [2.45, 2.75) is 19.4 Å². The second kappa shape index (κ2) is 2.49. The molecule has 2 rings (SSSR count). The zero-order chi connectivity index (χ0) is 9.47. The predicted molar refractivity (Wildman–Crippen MR) is 53.7 cm³/mol. The summed E-state index contributed by atoms with van der Waals surface area (Å²) in [5.74, 6) is 0.757. The van der Waals surface area contributed by atoms with E-state index in [2.05, 4.69) is 4.99 Å². The van der Waals surface area contributed by atoms with Gasteiger partial charge in [0.1, 0.15) is 17.0 Å². The normalized spacial score (nSPS) is 17.7. The molecule has 68 valence electrons. The van der Waals surface area contributed by atoms with E-state index in [1.165, 1.54) is 0 Å². The molecule has 1 heterocycles. The standard InChI is InChI=1S/C10H12N2O/c1-10(2)6-12-8-4-3-7(11)5-9(8)13-10/h3-6H,11H2,1-2H3. The van der Waals surface area contributed by atoms with E-state index in [0.717, 1.165) is 11.4 Å². The summed E-state index contributed by atoms with van der Waals surface area (Å²) in [6, 6.07) is 5.47. The largest absolute Gasteiger partial charge is 0.480 e. The first-order chi connectivity index (χ1) is 6.07. The smallest absolute Gasteiger partial charge is 0.148 e. The minimum absolute atomic E-state index is 0.333. The number of ether oxygens (including phenoxy) is 1. The molecule has 0 atom stereocenters. The fraction of sp³-hybridized carbons (Fsp3) is 0.300. The second-order valence-corrected chi connectivity index (χ2v) is 3.69. The van der Waals surface area contributed by atoms with Gasteiger partial charge in [-0.2, -0.15) is 0 Å². The predicted octanol–water partition coefficient (Wildman–Crippen LogP) is 2.14. The maximum absolute atomic E-state index is 5.67. The van der Waals surface area contributed by atoms with Crippen molar-refractivity contribution < 1.29 is 4.74 Å². The van der Waals surface area contributed by atoms with E-state index in [4.69, 9.17) is 10.5 Å². The van der Waals surface area contributed by atoms with Crippen LogP contribution in [0.2, 0.25) is 0 Å². The van der Waals surface area contributed by atoms with Gasteiger partial charge in [0.15, 0.2) is 0 Å². The SMILES string of the molecule is CC1(C)C=Nc2ccc(N)cc2O1. The van der Waals surface area contributed by atoms with Gasteiger partial charge in [0.2, 0.25) is 0 Å².